The second kappa shape index (κ2) is 18.9. The molecule has 0 fully saturated rings. The van der Waals surface area contributed by atoms with Gasteiger partial charge in [0.05, 0.1) is 6.04 Å². The maximum Gasteiger partial charge on any atom is 0.326 e. The number of hydrogen-bond donors (Lipinski definition) is 9. The SMILES string of the molecule is NCCCCC(N)C(=O)NC(CCC(N)=O)C(=O)NC(CCC(N)=O)C(=O)NC(CCCCN)C(=O)O. The average Bonchev–Trinajstić information content (AvgIpc) is 2.82. The zero-order valence-corrected chi connectivity index (χ0v) is 21.1. The predicted molar refractivity (Wildman–Crippen MR) is 134 cm³/mol. The number of hydrogen-bond acceptors (Lipinski definition) is 9. The summed E-state index contributed by atoms with van der Waals surface area (Å²) in [6.07, 6.45) is 1.73. The molecule has 15 heteroatoms. The number of primary amides is 2. The van der Waals surface area contributed by atoms with Crippen LogP contribution in [0.1, 0.15) is 64.2 Å². The van der Waals surface area contributed by atoms with Gasteiger partial charge in [-0.25, -0.2) is 4.79 Å². The quantitative estimate of drug-likeness (QED) is 0.0664. The van der Waals surface area contributed by atoms with Gasteiger partial charge in [0.2, 0.25) is 29.5 Å². The number of carbonyl (C=O) groups is 6. The number of carbonyl (C=O) groups excluding carboxylic acids is 5. The third kappa shape index (κ3) is 15.4. The summed E-state index contributed by atoms with van der Waals surface area (Å²) >= 11 is 0. The van der Waals surface area contributed by atoms with E-state index in [4.69, 9.17) is 28.7 Å². The van der Waals surface area contributed by atoms with E-state index in [-0.39, 0.29) is 32.1 Å². The molecule has 0 aromatic carbocycles. The molecule has 15 nitrogen and oxygen atoms in total. The average molecular weight is 531 g/mol. The first-order valence-electron chi connectivity index (χ1n) is 12.3. The van der Waals surface area contributed by atoms with Gasteiger partial charge in [-0.3, -0.25) is 24.0 Å². The van der Waals surface area contributed by atoms with Crippen LogP contribution in [0.2, 0.25) is 0 Å². The lowest BCUT2D eigenvalue weighted by molar-refractivity contribution is -0.142. The summed E-state index contributed by atoms with van der Waals surface area (Å²) in [4.78, 5) is 72.5. The van der Waals surface area contributed by atoms with Crippen LogP contribution in [0, 0.1) is 0 Å². The first-order valence-corrected chi connectivity index (χ1v) is 12.3. The number of rotatable bonds is 21. The summed E-state index contributed by atoms with van der Waals surface area (Å²) < 4.78 is 0. The molecule has 0 radical (unpaired) electrons. The van der Waals surface area contributed by atoms with Crippen molar-refractivity contribution in [1.82, 2.24) is 16.0 Å². The standard InChI is InChI=1S/C22H42N8O7/c23-11-3-1-5-13(25)19(33)28-14(7-9-17(26)31)20(34)29-15(8-10-18(27)32)21(35)30-16(22(36)37)6-2-4-12-24/h13-16H,1-12,23-25H2,(H2,26,31)(H2,27,32)(H,28,33)(H,29,34)(H,30,35)(H,36,37). The van der Waals surface area contributed by atoms with Gasteiger partial charge in [-0.2, -0.15) is 0 Å². The molecule has 0 heterocycles. The fourth-order valence-electron chi connectivity index (χ4n) is 3.32. The van der Waals surface area contributed by atoms with Gasteiger partial charge in [-0.15, -0.1) is 0 Å². The van der Waals surface area contributed by atoms with Gasteiger partial charge < -0.3 is 49.7 Å². The van der Waals surface area contributed by atoms with E-state index in [0.717, 1.165) is 0 Å². The van der Waals surface area contributed by atoms with E-state index in [1.807, 2.05) is 0 Å². The number of unbranched alkanes of at least 4 members (excludes halogenated alkanes) is 2. The number of amides is 5. The monoisotopic (exact) mass is 530 g/mol. The Bertz CT molecular complexity index is 780. The molecule has 0 rings (SSSR count). The van der Waals surface area contributed by atoms with Crippen molar-refractivity contribution in [3.63, 3.8) is 0 Å². The van der Waals surface area contributed by atoms with Gasteiger partial charge in [0, 0.05) is 12.8 Å². The van der Waals surface area contributed by atoms with Crippen molar-refractivity contribution in [2.75, 3.05) is 13.1 Å². The number of nitrogens with two attached hydrogens (primary N) is 5. The number of aliphatic carboxylic acids is 1. The Morgan fingerprint density at radius 2 is 1.00 bits per heavy atom. The normalized spacial score (nSPS) is 14.0. The number of carboxylic acids is 1. The maximum atomic E-state index is 13.0. The third-order valence-electron chi connectivity index (χ3n) is 5.49. The number of carboxylic acid groups (broad SMARTS) is 1. The van der Waals surface area contributed by atoms with Crippen molar-refractivity contribution < 1.29 is 33.9 Å². The zero-order chi connectivity index (χ0) is 28.4. The Kier molecular flexibility index (Phi) is 17.2. The van der Waals surface area contributed by atoms with Crippen LogP contribution in [0.4, 0.5) is 0 Å². The Morgan fingerprint density at radius 3 is 1.41 bits per heavy atom. The van der Waals surface area contributed by atoms with Crippen molar-refractivity contribution in [2.45, 2.75) is 88.4 Å². The van der Waals surface area contributed by atoms with Crippen LogP contribution in [0.3, 0.4) is 0 Å². The molecule has 0 aromatic heterocycles. The molecule has 4 unspecified atom stereocenters. The smallest absolute Gasteiger partial charge is 0.326 e. The van der Waals surface area contributed by atoms with Gasteiger partial charge in [-0.1, -0.05) is 6.42 Å². The largest absolute Gasteiger partial charge is 0.480 e. The van der Waals surface area contributed by atoms with Crippen LogP contribution in [0.25, 0.3) is 0 Å². The molecule has 212 valence electrons. The minimum Gasteiger partial charge on any atom is -0.480 e. The van der Waals surface area contributed by atoms with E-state index < -0.39 is 59.7 Å². The lowest BCUT2D eigenvalue weighted by Gasteiger charge is -2.25. The lowest BCUT2D eigenvalue weighted by Crippen LogP contribution is -2.57. The molecule has 37 heavy (non-hydrogen) atoms. The molecule has 0 spiro atoms. The molecular weight excluding hydrogens is 488 g/mol. The maximum absolute atomic E-state index is 13.0. The van der Waals surface area contributed by atoms with E-state index in [1.54, 1.807) is 0 Å². The summed E-state index contributed by atoms with van der Waals surface area (Å²) in [6.45, 7) is 0.787. The highest BCUT2D eigenvalue weighted by Crippen LogP contribution is 2.07. The van der Waals surface area contributed by atoms with Crippen LogP contribution in [-0.2, 0) is 28.8 Å². The molecule has 0 aliphatic heterocycles. The molecule has 4 atom stereocenters. The summed E-state index contributed by atoms with van der Waals surface area (Å²) in [5.41, 5.74) is 27.1. The molecule has 0 bridgehead atoms. The predicted octanol–water partition coefficient (Wildman–Crippen LogP) is -3.36. The van der Waals surface area contributed by atoms with Crippen molar-refractivity contribution in [3.05, 3.63) is 0 Å². The molecule has 0 aromatic rings. The molecule has 0 saturated carbocycles. The van der Waals surface area contributed by atoms with Gasteiger partial charge in [0.25, 0.3) is 0 Å². The molecule has 5 amide bonds. The van der Waals surface area contributed by atoms with Gasteiger partial charge in [-0.05, 0) is 58.0 Å². The van der Waals surface area contributed by atoms with E-state index in [2.05, 4.69) is 16.0 Å². The van der Waals surface area contributed by atoms with Crippen LogP contribution in [0.5, 0.6) is 0 Å². The minimum absolute atomic E-state index is 0.105. The highest BCUT2D eigenvalue weighted by molar-refractivity contribution is 5.94. The second-order valence-electron chi connectivity index (χ2n) is 8.71. The topological polar surface area (TPSA) is 289 Å². The van der Waals surface area contributed by atoms with Crippen molar-refractivity contribution >= 4 is 35.5 Å². The first kappa shape index (κ1) is 33.7. The fourth-order valence-corrected chi connectivity index (χ4v) is 3.32. The van der Waals surface area contributed by atoms with Gasteiger partial charge in [0.15, 0.2) is 0 Å². The van der Waals surface area contributed by atoms with E-state index in [0.29, 0.717) is 45.2 Å². The summed E-state index contributed by atoms with van der Waals surface area (Å²) in [5, 5.41) is 16.6. The Balaban J connectivity index is 5.54. The molecule has 0 aliphatic rings. The first-order chi connectivity index (χ1) is 17.4. The fraction of sp³-hybridized carbons (Fsp3) is 0.727. The Hall–Kier alpha value is -3.30. The molecule has 0 saturated heterocycles. The minimum atomic E-state index is -1.34. The Morgan fingerprint density at radius 1 is 0.595 bits per heavy atom. The molecule has 14 N–H and O–H groups in total. The second-order valence-corrected chi connectivity index (χ2v) is 8.71. The van der Waals surface area contributed by atoms with Gasteiger partial charge in [0.1, 0.15) is 18.1 Å². The Labute approximate surface area is 216 Å². The molecular formula is C22H42N8O7. The lowest BCUT2D eigenvalue weighted by atomic mass is 10.0. The van der Waals surface area contributed by atoms with Crippen LogP contribution in [0.15, 0.2) is 0 Å². The van der Waals surface area contributed by atoms with Crippen molar-refractivity contribution in [3.8, 4) is 0 Å². The zero-order valence-electron chi connectivity index (χ0n) is 21.1. The van der Waals surface area contributed by atoms with E-state index in [1.165, 1.54) is 0 Å². The summed E-state index contributed by atoms with van der Waals surface area (Å²) in [6, 6.07) is -4.80. The van der Waals surface area contributed by atoms with Crippen LogP contribution in [-0.4, -0.2) is 77.9 Å². The van der Waals surface area contributed by atoms with Crippen molar-refractivity contribution in [2.24, 2.45) is 28.7 Å². The highest BCUT2D eigenvalue weighted by atomic mass is 16.4. The van der Waals surface area contributed by atoms with Gasteiger partial charge >= 0.3 is 5.97 Å². The molecule has 0 aliphatic carbocycles. The van der Waals surface area contributed by atoms with E-state index >= 15 is 0 Å². The van der Waals surface area contributed by atoms with Crippen molar-refractivity contribution in [1.29, 1.82) is 0 Å². The van der Waals surface area contributed by atoms with Crippen LogP contribution >= 0.6 is 0 Å². The summed E-state index contributed by atoms with van der Waals surface area (Å²) in [5.74, 6) is -5.08. The highest BCUT2D eigenvalue weighted by Gasteiger charge is 2.30. The van der Waals surface area contributed by atoms with Crippen LogP contribution < -0.4 is 44.6 Å². The third-order valence-corrected chi connectivity index (χ3v) is 5.49. The van der Waals surface area contributed by atoms with E-state index in [9.17, 15) is 33.9 Å². The summed E-state index contributed by atoms with van der Waals surface area (Å²) in [7, 11) is 0. The number of nitrogens with one attached hydrogen (secondary N) is 3.